The van der Waals surface area contributed by atoms with E-state index in [-0.39, 0.29) is 17.2 Å². The van der Waals surface area contributed by atoms with E-state index in [1.54, 1.807) is 16.8 Å². The van der Waals surface area contributed by atoms with E-state index in [0.29, 0.717) is 11.4 Å². The number of hydrogen-bond acceptors (Lipinski definition) is 3. The number of benzene rings is 3. The molecule has 0 saturated heterocycles. The molecule has 1 heterocycles. The van der Waals surface area contributed by atoms with E-state index in [1.165, 1.54) is 0 Å². The predicted octanol–water partition coefficient (Wildman–Crippen LogP) is 4.60. The third-order valence-corrected chi connectivity index (χ3v) is 4.64. The molecular formula is C22H19N3O2. The highest BCUT2D eigenvalue weighted by atomic mass is 16.3. The van der Waals surface area contributed by atoms with Crippen molar-refractivity contribution in [3.63, 3.8) is 0 Å². The Labute approximate surface area is 156 Å². The molecule has 0 radical (unpaired) electrons. The highest BCUT2D eigenvalue weighted by Gasteiger charge is 2.18. The van der Waals surface area contributed by atoms with Crippen LogP contribution < -0.4 is 5.32 Å². The monoisotopic (exact) mass is 357 g/mol. The van der Waals surface area contributed by atoms with E-state index < -0.39 is 0 Å². The van der Waals surface area contributed by atoms with Crippen molar-refractivity contribution in [2.45, 2.75) is 13.8 Å². The number of aromatic nitrogens is 2. The summed E-state index contributed by atoms with van der Waals surface area (Å²) in [7, 11) is 0. The molecule has 0 unspecified atom stereocenters. The van der Waals surface area contributed by atoms with Gasteiger partial charge in [-0.1, -0.05) is 42.5 Å². The lowest BCUT2D eigenvalue weighted by atomic mass is 10.1. The van der Waals surface area contributed by atoms with Crippen molar-refractivity contribution < 1.29 is 9.90 Å². The fourth-order valence-corrected chi connectivity index (χ4v) is 3.24. The van der Waals surface area contributed by atoms with Crippen LogP contribution in [0.15, 0.2) is 66.7 Å². The van der Waals surface area contributed by atoms with Gasteiger partial charge in [0.05, 0.1) is 28.3 Å². The van der Waals surface area contributed by atoms with E-state index in [9.17, 15) is 9.90 Å². The van der Waals surface area contributed by atoms with Gasteiger partial charge in [-0.05, 0) is 48.9 Å². The van der Waals surface area contributed by atoms with Crippen molar-refractivity contribution in [1.82, 2.24) is 9.78 Å². The van der Waals surface area contributed by atoms with E-state index in [0.717, 1.165) is 22.2 Å². The van der Waals surface area contributed by atoms with Crippen molar-refractivity contribution in [3.05, 3.63) is 83.7 Å². The molecule has 3 aromatic carbocycles. The highest BCUT2D eigenvalue weighted by molar-refractivity contribution is 6.09. The third-order valence-electron chi connectivity index (χ3n) is 4.64. The van der Waals surface area contributed by atoms with Gasteiger partial charge < -0.3 is 10.4 Å². The van der Waals surface area contributed by atoms with Crippen LogP contribution in [0.1, 0.15) is 21.7 Å². The van der Waals surface area contributed by atoms with Crippen LogP contribution in [0.4, 0.5) is 5.69 Å². The summed E-state index contributed by atoms with van der Waals surface area (Å²) in [5, 5.41) is 19.5. The summed E-state index contributed by atoms with van der Waals surface area (Å²) in [5.41, 5.74) is 3.35. The minimum atomic E-state index is -0.364. The Hall–Kier alpha value is -3.60. The highest BCUT2D eigenvalue weighted by Crippen LogP contribution is 2.28. The molecule has 0 aliphatic heterocycles. The second-order valence-corrected chi connectivity index (χ2v) is 6.46. The smallest absolute Gasteiger partial charge is 0.259 e. The Balaban J connectivity index is 1.70. The number of carbonyl (C=O) groups is 1. The molecule has 1 amide bonds. The number of aromatic hydroxyl groups is 1. The molecule has 4 rings (SSSR count). The summed E-state index contributed by atoms with van der Waals surface area (Å²) in [6, 6.07) is 20.7. The average molecular weight is 357 g/mol. The third kappa shape index (κ3) is 3.04. The number of anilines is 1. The van der Waals surface area contributed by atoms with Crippen molar-refractivity contribution in [1.29, 1.82) is 0 Å². The summed E-state index contributed by atoms with van der Waals surface area (Å²) in [6.07, 6.45) is 0. The number of fused-ring (bicyclic) bond motifs is 1. The molecule has 27 heavy (non-hydrogen) atoms. The number of aryl methyl sites for hydroxylation is 1. The first kappa shape index (κ1) is 16.8. The predicted molar refractivity (Wildman–Crippen MR) is 107 cm³/mol. The first-order valence-electron chi connectivity index (χ1n) is 8.69. The Bertz CT molecular complexity index is 1150. The van der Waals surface area contributed by atoms with Gasteiger partial charge >= 0.3 is 0 Å². The molecule has 5 heteroatoms. The van der Waals surface area contributed by atoms with E-state index in [4.69, 9.17) is 0 Å². The normalized spacial score (nSPS) is 10.9. The lowest BCUT2D eigenvalue weighted by Gasteiger charge is -2.09. The molecule has 1 aromatic heterocycles. The number of hydrogen-bond donors (Lipinski definition) is 2. The number of amides is 1. The maximum Gasteiger partial charge on any atom is 0.259 e. The fraction of sp³-hybridized carbons (Fsp3) is 0.0909. The number of nitrogens with one attached hydrogen (secondary N) is 1. The Kier molecular flexibility index (Phi) is 4.12. The molecule has 0 saturated carbocycles. The minimum Gasteiger partial charge on any atom is -0.507 e. The molecule has 2 N–H and O–H groups in total. The van der Waals surface area contributed by atoms with Gasteiger partial charge in [0.15, 0.2) is 0 Å². The van der Waals surface area contributed by atoms with Crippen LogP contribution >= 0.6 is 0 Å². The zero-order chi connectivity index (χ0) is 19.0. The van der Waals surface area contributed by atoms with Crippen LogP contribution in [0.3, 0.4) is 0 Å². The van der Waals surface area contributed by atoms with Crippen molar-refractivity contribution in [2.75, 3.05) is 5.32 Å². The van der Waals surface area contributed by atoms with E-state index in [1.807, 2.05) is 68.4 Å². The largest absolute Gasteiger partial charge is 0.507 e. The number of rotatable bonds is 3. The van der Waals surface area contributed by atoms with Gasteiger partial charge in [-0.2, -0.15) is 5.10 Å². The Morgan fingerprint density at radius 1 is 0.963 bits per heavy atom. The first-order chi connectivity index (χ1) is 13.0. The molecule has 4 aromatic rings. The van der Waals surface area contributed by atoms with E-state index in [2.05, 4.69) is 10.4 Å². The number of nitrogens with zero attached hydrogens (tertiary/aromatic N) is 2. The molecule has 0 bridgehead atoms. The number of phenols is 1. The summed E-state index contributed by atoms with van der Waals surface area (Å²) in [5.74, 6) is -0.408. The summed E-state index contributed by atoms with van der Waals surface area (Å²) >= 11 is 0. The molecular weight excluding hydrogens is 338 g/mol. The first-order valence-corrected chi connectivity index (χ1v) is 8.69. The molecule has 0 aliphatic carbocycles. The van der Waals surface area contributed by atoms with Gasteiger partial charge in [-0.15, -0.1) is 0 Å². The van der Waals surface area contributed by atoms with Gasteiger partial charge in [-0.25, -0.2) is 4.68 Å². The molecule has 0 spiro atoms. The molecule has 0 aliphatic rings. The van der Waals surface area contributed by atoms with Crippen LogP contribution in [-0.4, -0.2) is 20.8 Å². The number of para-hydroxylation sites is 1. The minimum absolute atomic E-state index is 0.0445. The Morgan fingerprint density at radius 2 is 1.59 bits per heavy atom. The molecule has 0 fully saturated rings. The van der Waals surface area contributed by atoms with Gasteiger partial charge in [0.25, 0.3) is 5.91 Å². The van der Waals surface area contributed by atoms with Crippen molar-refractivity contribution >= 4 is 22.4 Å². The van der Waals surface area contributed by atoms with Crippen LogP contribution in [0, 0.1) is 13.8 Å². The summed E-state index contributed by atoms with van der Waals surface area (Å²) < 4.78 is 1.80. The zero-order valence-corrected chi connectivity index (χ0v) is 15.1. The summed E-state index contributed by atoms with van der Waals surface area (Å²) in [4.78, 5) is 12.8. The topological polar surface area (TPSA) is 67.2 Å². The number of phenolic OH excluding ortho intramolecular Hbond substituents is 1. The summed E-state index contributed by atoms with van der Waals surface area (Å²) in [6.45, 7) is 3.76. The standard InChI is InChI=1S/C22H19N3O2/c1-14-21(15(2)25(24-14)18-10-4-3-5-11-18)23-22(27)19-12-16-8-6-7-9-17(16)13-20(19)26/h3-13,26H,1-2H3,(H,23,27). The van der Waals surface area contributed by atoms with Crippen LogP contribution in [-0.2, 0) is 0 Å². The maximum absolute atomic E-state index is 12.8. The van der Waals surface area contributed by atoms with Crippen LogP contribution in [0.2, 0.25) is 0 Å². The molecule has 5 nitrogen and oxygen atoms in total. The van der Waals surface area contributed by atoms with Gasteiger partial charge in [0.2, 0.25) is 0 Å². The zero-order valence-electron chi connectivity index (χ0n) is 15.1. The number of carbonyl (C=O) groups excluding carboxylic acids is 1. The lowest BCUT2D eigenvalue weighted by Crippen LogP contribution is -2.13. The second-order valence-electron chi connectivity index (χ2n) is 6.46. The van der Waals surface area contributed by atoms with Gasteiger partial charge in [0.1, 0.15) is 5.75 Å². The van der Waals surface area contributed by atoms with Crippen LogP contribution in [0.25, 0.3) is 16.5 Å². The molecule has 134 valence electrons. The van der Waals surface area contributed by atoms with Gasteiger partial charge in [-0.3, -0.25) is 4.79 Å². The fourth-order valence-electron chi connectivity index (χ4n) is 3.24. The molecule has 0 atom stereocenters. The second kappa shape index (κ2) is 6.61. The van der Waals surface area contributed by atoms with E-state index >= 15 is 0 Å². The van der Waals surface area contributed by atoms with Crippen LogP contribution in [0.5, 0.6) is 5.75 Å². The average Bonchev–Trinajstić information content (AvgIpc) is 2.96. The van der Waals surface area contributed by atoms with Crippen molar-refractivity contribution in [3.8, 4) is 11.4 Å². The van der Waals surface area contributed by atoms with Crippen molar-refractivity contribution in [2.24, 2.45) is 0 Å². The SMILES string of the molecule is Cc1nn(-c2ccccc2)c(C)c1NC(=O)c1cc2ccccc2cc1O. The Morgan fingerprint density at radius 3 is 2.30 bits per heavy atom. The van der Waals surface area contributed by atoms with Gasteiger partial charge in [0, 0.05) is 0 Å². The quantitative estimate of drug-likeness (QED) is 0.563. The maximum atomic E-state index is 12.8. The lowest BCUT2D eigenvalue weighted by molar-refractivity contribution is 0.102.